The maximum Gasteiger partial charge on any atom is 0.125 e. The van der Waals surface area contributed by atoms with E-state index in [0.717, 1.165) is 38.7 Å². The second-order valence-corrected chi connectivity index (χ2v) is 7.12. The Hall–Kier alpha value is -0.420. The van der Waals surface area contributed by atoms with E-state index in [0.29, 0.717) is 6.04 Å². The van der Waals surface area contributed by atoms with E-state index in [9.17, 15) is 0 Å². The van der Waals surface area contributed by atoms with Crippen LogP contribution >= 0.6 is 38.9 Å². The summed E-state index contributed by atoms with van der Waals surface area (Å²) in [4.78, 5) is 5.96. The fourth-order valence-corrected chi connectivity index (χ4v) is 3.99. The normalized spacial score (nSPS) is 12.7. The number of benzene rings is 1. The van der Waals surface area contributed by atoms with Crippen molar-refractivity contribution < 1.29 is 0 Å². The Kier molecular flexibility index (Phi) is 5.61. The van der Waals surface area contributed by atoms with Gasteiger partial charge in [0.25, 0.3) is 0 Å². The first-order valence-corrected chi connectivity index (χ1v) is 8.67. The lowest BCUT2D eigenvalue weighted by atomic mass is 10.2. The van der Waals surface area contributed by atoms with E-state index >= 15 is 0 Å². The van der Waals surface area contributed by atoms with E-state index in [-0.39, 0.29) is 0 Å². The Morgan fingerprint density at radius 1 is 1.45 bits per heavy atom. The lowest BCUT2D eigenvalue weighted by Crippen LogP contribution is -2.18. The molecule has 108 valence electrons. The molecular weight excluding hydrogens is 356 g/mol. The smallest absolute Gasteiger partial charge is 0.125 e. The third-order valence-electron chi connectivity index (χ3n) is 3.09. The van der Waals surface area contributed by atoms with Crippen LogP contribution in [0.25, 0.3) is 10.6 Å². The Labute approximate surface area is 137 Å². The predicted molar refractivity (Wildman–Crippen MR) is 91.7 cm³/mol. The average molecular weight is 374 g/mol. The molecule has 1 unspecified atom stereocenters. The highest BCUT2D eigenvalue weighted by molar-refractivity contribution is 9.10. The Balaban J connectivity index is 2.30. The van der Waals surface area contributed by atoms with Gasteiger partial charge >= 0.3 is 0 Å². The molecule has 0 fully saturated rings. The molecule has 1 aromatic heterocycles. The minimum atomic E-state index is 0.329. The molecule has 1 aromatic carbocycles. The molecule has 2 aromatic rings. The maximum atomic E-state index is 6.31. The third-order valence-corrected chi connectivity index (χ3v) is 5.27. The summed E-state index contributed by atoms with van der Waals surface area (Å²) in [6.07, 6.45) is 1.13. The summed E-state index contributed by atoms with van der Waals surface area (Å²) in [5.74, 6) is 0. The number of aromatic nitrogens is 1. The number of nitrogens with one attached hydrogen (secondary N) is 1. The van der Waals surface area contributed by atoms with E-state index in [1.165, 1.54) is 4.88 Å². The van der Waals surface area contributed by atoms with Crippen molar-refractivity contribution >= 4 is 38.9 Å². The molecule has 1 atom stereocenters. The summed E-state index contributed by atoms with van der Waals surface area (Å²) < 4.78 is 0.984. The molecule has 5 heteroatoms. The van der Waals surface area contributed by atoms with Gasteiger partial charge in [0, 0.05) is 21.0 Å². The largest absolute Gasteiger partial charge is 0.309 e. The van der Waals surface area contributed by atoms with Crippen LogP contribution in [0.2, 0.25) is 5.02 Å². The first-order chi connectivity index (χ1) is 9.52. The second kappa shape index (κ2) is 7.03. The van der Waals surface area contributed by atoms with E-state index < -0.39 is 0 Å². The zero-order chi connectivity index (χ0) is 14.7. The van der Waals surface area contributed by atoms with Gasteiger partial charge in [0.05, 0.1) is 10.7 Å². The summed E-state index contributed by atoms with van der Waals surface area (Å²) in [6, 6.07) is 6.25. The summed E-state index contributed by atoms with van der Waals surface area (Å²) in [6.45, 7) is 7.44. The molecule has 2 nitrogen and oxygen atoms in total. The van der Waals surface area contributed by atoms with Gasteiger partial charge in [0.1, 0.15) is 5.01 Å². The van der Waals surface area contributed by atoms with Gasteiger partial charge in [0.2, 0.25) is 0 Å². The van der Waals surface area contributed by atoms with Crippen LogP contribution in [0.4, 0.5) is 0 Å². The minimum Gasteiger partial charge on any atom is -0.309 e. The van der Waals surface area contributed by atoms with Crippen molar-refractivity contribution in [1.82, 2.24) is 10.3 Å². The van der Waals surface area contributed by atoms with Crippen LogP contribution in [0.15, 0.2) is 22.7 Å². The van der Waals surface area contributed by atoms with Crippen LogP contribution in [0.5, 0.6) is 0 Å². The standard InChI is InChI=1S/C15H18BrClN2S/c1-4-7-18-9(2)14-10(3)19-15(20-14)12-6-5-11(16)8-13(12)17/h5-6,8-9,18H,4,7H2,1-3H3. The highest BCUT2D eigenvalue weighted by atomic mass is 79.9. The number of halogens is 2. The van der Waals surface area contributed by atoms with E-state index in [2.05, 4.69) is 47.0 Å². The van der Waals surface area contributed by atoms with Gasteiger partial charge in [-0.1, -0.05) is 34.5 Å². The number of thiazole rings is 1. The molecule has 2 rings (SSSR count). The molecule has 0 saturated carbocycles. The summed E-state index contributed by atoms with van der Waals surface area (Å²) in [5.41, 5.74) is 2.08. The molecule has 0 aliphatic heterocycles. The molecule has 0 spiro atoms. The lowest BCUT2D eigenvalue weighted by molar-refractivity contribution is 0.575. The van der Waals surface area contributed by atoms with Crippen LogP contribution in [-0.4, -0.2) is 11.5 Å². The second-order valence-electron chi connectivity index (χ2n) is 4.77. The van der Waals surface area contributed by atoms with Gasteiger partial charge in [-0.25, -0.2) is 4.98 Å². The number of rotatable bonds is 5. The lowest BCUT2D eigenvalue weighted by Gasteiger charge is -2.11. The van der Waals surface area contributed by atoms with Gasteiger partial charge < -0.3 is 5.32 Å². The highest BCUT2D eigenvalue weighted by Crippen LogP contribution is 2.36. The van der Waals surface area contributed by atoms with Crippen LogP contribution in [0.1, 0.15) is 36.9 Å². The van der Waals surface area contributed by atoms with Crippen molar-refractivity contribution in [3.8, 4) is 10.6 Å². The molecule has 0 aliphatic rings. The number of hydrogen-bond acceptors (Lipinski definition) is 3. The first kappa shape index (κ1) is 16.0. The van der Waals surface area contributed by atoms with Crippen molar-refractivity contribution in [1.29, 1.82) is 0 Å². The quantitative estimate of drug-likeness (QED) is 0.738. The third kappa shape index (κ3) is 3.61. The van der Waals surface area contributed by atoms with Crippen molar-refractivity contribution in [3.05, 3.63) is 38.3 Å². The summed E-state index contributed by atoms with van der Waals surface area (Å²) in [5, 5.41) is 5.22. The summed E-state index contributed by atoms with van der Waals surface area (Å²) >= 11 is 11.5. The van der Waals surface area contributed by atoms with Crippen molar-refractivity contribution in [2.75, 3.05) is 6.54 Å². The number of hydrogen-bond donors (Lipinski definition) is 1. The van der Waals surface area contributed by atoms with Crippen LogP contribution in [-0.2, 0) is 0 Å². The zero-order valence-corrected chi connectivity index (χ0v) is 15.0. The topological polar surface area (TPSA) is 24.9 Å². The maximum absolute atomic E-state index is 6.31. The molecule has 0 amide bonds. The average Bonchev–Trinajstić information content (AvgIpc) is 2.78. The monoisotopic (exact) mass is 372 g/mol. The van der Waals surface area contributed by atoms with Crippen LogP contribution in [0, 0.1) is 6.92 Å². The zero-order valence-electron chi connectivity index (χ0n) is 11.8. The van der Waals surface area contributed by atoms with Crippen molar-refractivity contribution in [2.24, 2.45) is 0 Å². The van der Waals surface area contributed by atoms with Gasteiger partial charge in [-0.2, -0.15) is 0 Å². The number of nitrogens with zero attached hydrogens (tertiary/aromatic N) is 1. The predicted octanol–water partition coefficient (Wildman–Crippen LogP) is 5.60. The molecule has 0 radical (unpaired) electrons. The Morgan fingerprint density at radius 3 is 2.85 bits per heavy atom. The molecule has 20 heavy (non-hydrogen) atoms. The van der Waals surface area contributed by atoms with E-state index in [1.807, 2.05) is 18.2 Å². The molecule has 1 N–H and O–H groups in total. The number of aryl methyl sites for hydroxylation is 1. The molecule has 0 bridgehead atoms. The minimum absolute atomic E-state index is 0.329. The Morgan fingerprint density at radius 2 is 2.20 bits per heavy atom. The van der Waals surface area contributed by atoms with E-state index in [4.69, 9.17) is 11.6 Å². The molecule has 1 heterocycles. The van der Waals surface area contributed by atoms with Crippen molar-refractivity contribution in [2.45, 2.75) is 33.2 Å². The van der Waals surface area contributed by atoms with Crippen LogP contribution in [0.3, 0.4) is 0 Å². The van der Waals surface area contributed by atoms with Crippen molar-refractivity contribution in [3.63, 3.8) is 0 Å². The van der Waals surface area contributed by atoms with Gasteiger partial charge in [-0.15, -0.1) is 11.3 Å². The van der Waals surface area contributed by atoms with Gasteiger partial charge in [-0.3, -0.25) is 0 Å². The fraction of sp³-hybridized carbons (Fsp3) is 0.400. The molecule has 0 saturated heterocycles. The van der Waals surface area contributed by atoms with Gasteiger partial charge in [-0.05, 0) is 45.0 Å². The van der Waals surface area contributed by atoms with Crippen LogP contribution < -0.4 is 5.32 Å². The highest BCUT2D eigenvalue weighted by Gasteiger charge is 2.16. The van der Waals surface area contributed by atoms with E-state index in [1.54, 1.807) is 11.3 Å². The summed E-state index contributed by atoms with van der Waals surface area (Å²) in [7, 11) is 0. The van der Waals surface area contributed by atoms with Gasteiger partial charge in [0.15, 0.2) is 0 Å². The Bertz CT molecular complexity index is 598. The SMILES string of the molecule is CCCNC(C)c1sc(-c2ccc(Br)cc2Cl)nc1C. The molecule has 0 aliphatic carbocycles. The molecular formula is C15H18BrClN2S. The fourth-order valence-electron chi connectivity index (χ4n) is 2.04. The first-order valence-electron chi connectivity index (χ1n) is 6.69.